The van der Waals surface area contributed by atoms with E-state index >= 15 is 0 Å². The molecule has 15 heteroatoms. The van der Waals surface area contributed by atoms with Crippen LogP contribution >= 0.6 is 0 Å². The molecule has 0 aliphatic heterocycles. The van der Waals surface area contributed by atoms with E-state index in [4.69, 9.17) is 28.8 Å². The van der Waals surface area contributed by atoms with Crippen molar-refractivity contribution >= 4 is 35.3 Å². The highest BCUT2D eigenvalue weighted by Crippen LogP contribution is 2.18. The summed E-state index contributed by atoms with van der Waals surface area (Å²) in [7, 11) is 0. The van der Waals surface area contributed by atoms with Crippen molar-refractivity contribution in [3.8, 4) is 5.75 Å². The van der Waals surface area contributed by atoms with Gasteiger partial charge in [0.15, 0.2) is 5.78 Å². The van der Waals surface area contributed by atoms with Crippen LogP contribution in [0, 0.1) is 5.92 Å². The maximum Gasteiger partial charge on any atom is 0.335 e. The Bertz CT molecular complexity index is 1330. The molecular weight excluding hydrogens is 776 g/mol. The summed E-state index contributed by atoms with van der Waals surface area (Å²) in [6, 6.07) is 6.57. The lowest BCUT2D eigenvalue weighted by Gasteiger charge is -2.12. The van der Waals surface area contributed by atoms with Gasteiger partial charge in [-0.2, -0.15) is 0 Å². The first-order valence-electron chi connectivity index (χ1n) is 22.2. The highest BCUT2D eigenvalue weighted by molar-refractivity contribution is 5.88. The smallest absolute Gasteiger partial charge is 0.335 e. The van der Waals surface area contributed by atoms with Crippen LogP contribution in [0.3, 0.4) is 0 Å². The van der Waals surface area contributed by atoms with E-state index in [-0.39, 0.29) is 87.8 Å². The van der Waals surface area contributed by atoms with Crippen molar-refractivity contribution in [2.75, 3.05) is 72.6 Å². The number of benzene rings is 1. The quantitative estimate of drug-likeness (QED) is 0.0503. The zero-order valence-electron chi connectivity index (χ0n) is 36.2. The minimum absolute atomic E-state index is 0.00257. The Morgan fingerprint density at radius 3 is 1.77 bits per heavy atom. The first kappa shape index (κ1) is 54.1. The molecule has 0 aliphatic carbocycles. The average Bonchev–Trinajstić information content (AvgIpc) is 3.23. The third-order valence-corrected chi connectivity index (χ3v) is 9.62. The number of carbonyl (C=O) groups excluding carboxylic acids is 4. The zero-order chi connectivity index (χ0) is 43.9. The number of ketones is 2. The molecule has 15 nitrogen and oxygen atoms in total. The van der Waals surface area contributed by atoms with Crippen molar-refractivity contribution in [3.63, 3.8) is 0 Å². The number of hydrogen-bond donors (Lipinski definition) is 4. The van der Waals surface area contributed by atoms with E-state index in [1.54, 1.807) is 24.3 Å². The van der Waals surface area contributed by atoms with Crippen LogP contribution in [0.5, 0.6) is 5.75 Å². The van der Waals surface area contributed by atoms with E-state index in [1.165, 1.54) is 44.9 Å². The van der Waals surface area contributed by atoms with Gasteiger partial charge in [0.1, 0.15) is 24.7 Å². The summed E-state index contributed by atoms with van der Waals surface area (Å²) in [5, 5.41) is 24.1. The van der Waals surface area contributed by atoms with Crippen LogP contribution in [0.1, 0.15) is 146 Å². The first-order chi connectivity index (χ1) is 29.1. The highest BCUT2D eigenvalue weighted by atomic mass is 16.5. The topological polar surface area (TPSA) is 213 Å². The third-order valence-electron chi connectivity index (χ3n) is 9.62. The van der Waals surface area contributed by atoms with Gasteiger partial charge >= 0.3 is 11.9 Å². The van der Waals surface area contributed by atoms with Crippen LogP contribution in [0.4, 0.5) is 0 Å². The molecule has 0 saturated heterocycles. The van der Waals surface area contributed by atoms with Crippen LogP contribution in [0.2, 0.25) is 0 Å². The van der Waals surface area contributed by atoms with Gasteiger partial charge in [-0.3, -0.25) is 24.0 Å². The number of carbonyl (C=O) groups is 6. The molecule has 0 bridgehead atoms. The van der Waals surface area contributed by atoms with Gasteiger partial charge in [-0.15, -0.1) is 0 Å². The average molecular weight is 851 g/mol. The molecule has 60 heavy (non-hydrogen) atoms. The second kappa shape index (κ2) is 38.0. The van der Waals surface area contributed by atoms with Gasteiger partial charge in [0, 0.05) is 45.4 Å². The van der Waals surface area contributed by atoms with Gasteiger partial charge in [-0.25, -0.2) is 4.79 Å². The van der Waals surface area contributed by atoms with Gasteiger partial charge < -0.3 is 44.5 Å². The number of ether oxygens (including phenoxy) is 5. The fourth-order valence-electron chi connectivity index (χ4n) is 6.17. The van der Waals surface area contributed by atoms with Gasteiger partial charge in [0.2, 0.25) is 11.8 Å². The number of hydrogen-bond acceptors (Lipinski definition) is 11. The molecule has 0 spiro atoms. The Kier molecular flexibility index (Phi) is 34.3. The predicted molar refractivity (Wildman–Crippen MR) is 227 cm³/mol. The van der Waals surface area contributed by atoms with Crippen LogP contribution in [-0.2, 0) is 42.9 Å². The minimum Gasteiger partial charge on any atom is -0.494 e. The summed E-state index contributed by atoms with van der Waals surface area (Å²) in [5.41, 5.74) is 0.233. The number of aliphatic carboxylic acids is 1. The van der Waals surface area contributed by atoms with E-state index in [0.29, 0.717) is 58.0 Å². The van der Waals surface area contributed by atoms with Crippen molar-refractivity contribution in [2.24, 2.45) is 5.92 Å². The lowest BCUT2D eigenvalue weighted by Crippen LogP contribution is -2.29. The zero-order valence-corrected chi connectivity index (χ0v) is 36.2. The maximum atomic E-state index is 12.5. The minimum atomic E-state index is -1.06. The number of amides is 2. The van der Waals surface area contributed by atoms with Crippen molar-refractivity contribution in [1.82, 2.24) is 10.6 Å². The Morgan fingerprint density at radius 2 is 1.13 bits per heavy atom. The number of carboxylic acids is 2. The Balaban J connectivity index is 1.91. The number of nitrogens with one attached hydrogen (secondary N) is 2. The van der Waals surface area contributed by atoms with Crippen LogP contribution < -0.4 is 15.4 Å². The van der Waals surface area contributed by atoms with E-state index in [9.17, 15) is 33.9 Å². The lowest BCUT2D eigenvalue weighted by molar-refractivity contribution is -0.144. The summed E-state index contributed by atoms with van der Waals surface area (Å²) in [4.78, 5) is 70.8. The molecule has 0 heterocycles. The van der Waals surface area contributed by atoms with Gasteiger partial charge in [-0.05, 0) is 50.3 Å². The van der Waals surface area contributed by atoms with E-state index in [2.05, 4.69) is 10.6 Å². The molecular formula is C45H74N2O13. The van der Waals surface area contributed by atoms with Gasteiger partial charge in [0.25, 0.3) is 0 Å². The van der Waals surface area contributed by atoms with Gasteiger partial charge in [-0.1, -0.05) is 83.6 Å². The van der Waals surface area contributed by atoms with Crippen molar-refractivity contribution in [2.45, 2.75) is 135 Å². The molecule has 4 N–H and O–H groups in total. The molecule has 0 radical (unpaired) electrons. The lowest BCUT2D eigenvalue weighted by atomic mass is 9.94. The van der Waals surface area contributed by atoms with Crippen LogP contribution in [0.15, 0.2) is 24.3 Å². The fraction of sp³-hybridized carbons (Fsp3) is 0.733. The first-order valence-corrected chi connectivity index (χ1v) is 22.2. The molecule has 2 amide bonds. The van der Waals surface area contributed by atoms with Gasteiger partial charge in [0.05, 0.1) is 51.1 Å². The maximum absolute atomic E-state index is 12.5. The number of unbranched alkanes of at least 4 members (excludes halogenated alkanes) is 12. The monoisotopic (exact) mass is 851 g/mol. The summed E-state index contributed by atoms with van der Waals surface area (Å²) in [6.07, 6.45) is 16.6. The van der Waals surface area contributed by atoms with E-state index in [0.717, 1.165) is 44.9 Å². The Hall–Kier alpha value is -3.92. The molecule has 0 saturated carbocycles. The molecule has 0 aromatic heterocycles. The molecule has 1 aromatic carbocycles. The summed E-state index contributed by atoms with van der Waals surface area (Å²) in [6.45, 7) is 5.20. The molecule has 1 atom stereocenters. The summed E-state index contributed by atoms with van der Waals surface area (Å²) >= 11 is 0. The summed E-state index contributed by atoms with van der Waals surface area (Å²) < 4.78 is 27.0. The third kappa shape index (κ3) is 32.9. The molecule has 342 valence electrons. The molecule has 1 rings (SSSR count). The predicted octanol–water partition coefficient (Wildman–Crippen LogP) is 6.72. The van der Waals surface area contributed by atoms with Crippen LogP contribution in [0.25, 0.3) is 0 Å². The number of rotatable bonds is 43. The van der Waals surface area contributed by atoms with E-state index in [1.807, 2.05) is 6.92 Å². The van der Waals surface area contributed by atoms with Crippen molar-refractivity contribution in [1.29, 1.82) is 0 Å². The Morgan fingerprint density at radius 1 is 0.567 bits per heavy atom. The number of aromatic carboxylic acids is 1. The van der Waals surface area contributed by atoms with Crippen LogP contribution in [-0.4, -0.2) is 118 Å². The summed E-state index contributed by atoms with van der Waals surface area (Å²) in [5.74, 6) is -2.88. The second-order valence-corrected chi connectivity index (χ2v) is 15.0. The Labute approximate surface area is 357 Å². The highest BCUT2D eigenvalue weighted by Gasteiger charge is 2.22. The normalized spacial score (nSPS) is 11.6. The SMILES string of the molecule is CCCNC(=O)COCCOCCCC(=O)COCCOCCNC(=O)CC[C@H](CC(=O)CCCCCCCCCCCCCCCOc1cccc(C(=O)O)c1)C(=O)O. The number of carboxylic acid groups (broad SMARTS) is 2. The van der Waals surface area contributed by atoms with Crippen molar-refractivity contribution < 1.29 is 62.7 Å². The second-order valence-electron chi connectivity index (χ2n) is 15.0. The largest absolute Gasteiger partial charge is 0.494 e. The fourth-order valence-corrected chi connectivity index (χ4v) is 6.17. The number of Topliss-reactive ketones (excluding diaryl/α,β-unsaturated/α-hetero) is 2. The molecule has 0 aliphatic rings. The molecule has 1 aromatic rings. The molecule has 0 fully saturated rings. The van der Waals surface area contributed by atoms with E-state index < -0.39 is 17.9 Å². The molecule has 0 unspecified atom stereocenters. The standard InChI is InChI=1S/C45H74N2O13/c1-2-24-46-43(51)36-59-32-29-56-26-17-20-40(49)35-58-31-30-57-28-25-47-42(50)23-22-38(45(54)55)33-39(48)19-14-12-10-8-6-4-3-5-7-9-11-13-15-27-60-41-21-16-18-37(34-41)44(52)53/h16,18,21,34,38H,2-15,17,19-20,22-33,35-36H2,1H3,(H,46,51)(H,47,50)(H,52,53)(H,54,55)/t38-/m1/s1. The van der Waals surface area contributed by atoms with Crippen molar-refractivity contribution in [3.05, 3.63) is 29.8 Å².